The van der Waals surface area contributed by atoms with Gasteiger partial charge >= 0.3 is 0 Å². The summed E-state index contributed by atoms with van der Waals surface area (Å²) >= 11 is 0. The van der Waals surface area contributed by atoms with Crippen LogP contribution in [-0.2, 0) is 13.1 Å². The van der Waals surface area contributed by atoms with Crippen LogP contribution in [0.5, 0.6) is 0 Å². The van der Waals surface area contributed by atoms with Crippen LogP contribution in [0.15, 0.2) is 24.3 Å². The minimum atomic E-state index is 0.965. The highest BCUT2D eigenvalue weighted by atomic mass is 15.3. The van der Waals surface area contributed by atoms with Crippen molar-refractivity contribution in [3.63, 3.8) is 0 Å². The standard InChI is InChI=1S/C15H25N2/c1-16-12-14-6-8-15(9-7-14)13-17(2)10-4-3-5-11-17/h6-9,16H,3-5,10-13H2,1-2H3/q+1. The Morgan fingerprint density at radius 1 is 1.00 bits per heavy atom. The molecule has 0 aliphatic carbocycles. The molecule has 2 heteroatoms. The quantitative estimate of drug-likeness (QED) is 0.788. The summed E-state index contributed by atoms with van der Waals surface area (Å²) < 4.78 is 1.23. The minimum absolute atomic E-state index is 0.965. The van der Waals surface area contributed by atoms with E-state index < -0.39 is 0 Å². The average molecular weight is 233 g/mol. The van der Waals surface area contributed by atoms with Crippen molar-refractivity contribution in [2.45, 2.75) is 32.4 Å². The van der Waals surface area contributed by atoms with E-state index in [4.69, 9.17) is 0 Å². The van der Waals surface area contributed by atoms with Crippen LogP contribution in [0.4, 0.5) is 0 Å². The summed E-state index contributed by atoms with van der Waals surface area (Å²) in [5.41, 5.74) is 2.85. The van der Waals surface area contributed by atoms with Crippen molar-refractivity contribution < 1.29 is 4.48 Å². The van der Waals surface area contributed by atoms with Crippen LogP contribution in [0.25, 0.3) is 0 Å². The van der Waals surface area contributed by atoms with Gasteiger partial charge in [-0.05, 0) is 31.9 Å². The van der Waals surface area contributed by atoms with Crippen LogP contribution >= 0.6 is 0 Å². The van der Waals surface area contributed by atoms with Crippen LogP contribution in [-0.4, -0.2) is 31.7 Å². The topological polar surface area (TPSA) is 12.0 Å². The fourth-order valence-electron chi connectivity index (χ4n) is 2.84. The number of hydrogen-bond donors (Lipinski definition) is 1. The Kier molecular flexibility index (Phi) is 4.19. The van der Waals surface area contributed by atoms with Crippen molar-refractivity contribution in [1.29, 1.82) is 0 Å². The highest BCUT2D eigenvalue weighted by Crippen LogP contribution is 2.20. The van der Waals surface area contributed by atoms with Gasteiger partial charge < -0.3 is 9.80 Å². The lowest BCUT2D eigenvalue weighted by atomic mass is 10.1. The zero-order chi connectivity index (χ0) is 12.1. The van der Waals surface area contributed by atoms with E-state index in [9.17, 15) is 0 Å². The summed E-state index contributed by atoms with van der Waals surface area (Å²) in [6.45, 7) is 4.85. The lowest BCUT2D eigenvalue weighted by Gasteiger charge is -2.37. The molecule has 1 aromatic rings. The number of piperidine rings is 1. The Bertz CT molecular complexity index is 336. The number of nitrogens with zero attached hydrogens (tertiary/aromatic N) is 1. The van der Waals surface area contributed by atoms with Crippen LogP contribution < -0.4 is 5.32 Å². The smallest absolute Gasteiger partial charge is 0.104 e. The molecule has 2 rings (SSSR count). The summed E-state index contributed by atoms with van der Waals surface area (Å²) in [4.78, 5) is 0. The highest BCUT2D eigenvalue weighted by molar-refractivity contribution is 5.21. The second kappa shape index (κ2) is 5.65. The van der Waals surface area contributed by atoms with Gasteiger partial charge in [-0.2, -0.15) is 0 Å². The van der Waals surface area contributed by atoms with Gasteiger partial charge in [0.25, 0.3) is 0 Å². The second-order valence-corrected chi connectivity index (χ2v) is 5.63. The third-order valence-electron chi connectivity index (χ3n) is 3.86. The van der Waals surface area contributed by atoms with Gasteiger partial charge in [0, 0.05) is 12.1 Å². The fourth-order valence-corrected chi connectivity index (χ4v) is 2.84. The van der Waals surface area contributed by atoms with Gasteiger partial charge in [-0.1, -0.05) is 24.3 Å². The number of hydrogen-bond acceptors (Lipinski definition) is 1. The van der Waals surface area contributed by atoms with Crippen molar-refractivity contribution in [3.05, 3.63) is 35.4 Å². The molecule has 0 atom stereocenters. The molecule has 0 amide bonds. The second-order valence-electron chi connectivity index (χ2n) is 5.63. The molecule has 0 spiro atoms. The molecule has 1 saturated heterocycles. The van der Waals surface area contributed by atoms with E-state index in [1.807, 2.05) is 7.05 Å². The maximum absolute atomic E-state index is 3.19. The Balaban J connectivity index is 1.97. The minimum Gasteiger partial charge on any atom is -0.322 e. The number of likely N-dealkylation sites (tertiary alicyclic amines) is 1. The van der Waals surface area contributed by atoms with Gasteiger partial charge in [-0.25, -0.2) is 0 Å². The van der Waals surface area contributed by atoms with Gasteiger partial charge in [-0.15, -0.1) is 0 Å². The van der Waals surface area contributed by atoms with Crippen LogP contribution in [0.2, 0.25) is 0 Å². The summed E-state index contributed by atoms with van der Waals surface area (Å²) in [7, 11) is 4.40. The average Bonchev–Trinajstić information content (AvgIpc) is 2.33. The van der Waals surface area contributed by atoms with Gasteiger partial charge in [0.1, 0.15) is 6.54 Å². The van der Waals surface area contributed by atoms with Crippen LogP contribution in [0.3, 0.4) is 0 Å². The summed E-state index contributed by atoms with van der Waals surface area (Å²) in [5.74, 6) is 0. The normalized spacial score (nSPS) is 19.2. The molecule has 0 bridgehead atoms. The zero-order valence-corrected chi connectivity index (χ0v) is 11.2. The Hall–Kier alpha value is -0.860. The van der Waals surface area contributed by atoms with Crippen molar-refractivity contribution in [3.8, 4) is 0 Å². The molecule has 1 aliphatic rings. The van der Waals surface area contributed by atoms with Gasteiger partial charge in [0.15, 0.2) is 0 Å². The maximum atomic E-state index is 3.19. The van der Waals surface area contributed by atoms with E-state index in [0.717, 1.165) is 6.54 Å². The molecule has 17 heavy (non-hydrogen) atoms. The molecule has 94 valence electrons. The first kappa shape index (κ1) is 12.6. The van der Waals surface area contributed by atoms with E-state index in [0.29, 0.717) is 0 Å². The van der Waals surface area contributed by atoms with Crippen molar-refractivity contribution >= 4 is 0 Å². The third-order valence-corrected chi connectivity index (χ3v) is 3.86. The first-order valence-corrected chi connectivity index (χ1v) is 6.78. The van der Waals surface area contributed by atoms with Gasteiger partial charge in [-0.3, -0.25) is 0 Å². The van der Waals surface area contributed by atoms with Crippen LogP contribution in [0, 0.1) is 0 Å². The third kappa shape index (κ3) is 3.55. The molecule has 1 fully saturated rings. The number of benzene rings is 1. The van der Waals surface area contributed by atoms with E-state index in [1.54, 1.807) is 0 Å². The first-order chi connectivity index (χ1) is 8.22. The molecule has 0 saturated carbocycles. The predicted molar refractivity (Wildman–Crippen MR) is 72.7 cm³/mol. The highest BCUT2D eigenvalue weighted by Gasteiger charge is 2.24. The molecule has 2 nitrogen and oxygen atoms in total. The molecule has 1 N–H and O–H groups in total. The maximum Gasteiger partial charge on any atom is 0.104 e. The lowest BCUT2D eigenvalue weighted by Crippen LogP contribution is -2.46. The van der Waals surface area contributed by atoms with E-state index >= 15 is 0 Å². The van der Waals surface area contributed by atoms with E-state index in [-0.39, 0.29) is 0 Å². The molecular formula is C15H25N2+. The molecule has 0 aromatic heterocycles. The molecular weight excluding hydrogens is 208 g/mol. The largest absolute Gasteiger partial charge is 0.322 e. The Labute approximate surface area is 105 Å². The summed E-state index contributed by atoms with van der Waals surface area (Å²) in [5, 5.41) is 3.19. The monoisotopic (exact) mass is 233 g/mol. The Morgan fingerprint density at radius 3 is 2.18 bits per heavy atom. The lowest BCUT2D eigenvalue weighted by molar-refractivity contribution is -0.926. The van der Waals surface area contributed by atoms with E-state index in [1.165, 1.54) is 54.5 Å². The number of nitrogens with one attached hydrogen (secondary N) is 1. The molecule has 1 heterocycles. The number of quaternary nitrogens is 1. The summed E-state index contributed by atoms with van der Waals surface area (Å²) in [6.07, 6.45) is 4.22. The van der Waals surface area contributed by atoms with Crippen LogP contribution in [0.1, 0.15) is 30.4 Å². The van der Waals surface area contributed by atoms with Gasteiger partial charge in [0.2, 0.25) is 0 Å². The molecule has 1 aliphatic heterocycles. The summed E-state index contributed by atoms with van der Waals surface area (Å²) in [6, 6.07) is 9.10. The van der Waals surface area contributed by atoms with Crippen molar-refractivity contribution in [2.75, 3.05) is 27.2 Å². The predicted octanol–water partition coefficient (Wildman–Crippen LogP) is 2.54. The zero-order valence-electron chi connectivity index (χ0n) is 11.2. The first-order valence-electron chi connectivity index (χ1n) is 6.78. The van der Waals surface area contributed by atoms with Gasteiger partial charge in [0.05, 0.1) is 20.1 Å². The van der Waals surface area contributed by atoms with Crippen molar-refractivity contribution in [2.24, 2.45) is 0 Å². The Morgan fingerprint density at radius 2 is 1.59 bits per heavy atom. The molecule has 1 aromatic carbocycles. The molecule has 0 unspecified atom stereocenters. The molecule has 0 radical (unpaired) electrons. The van der Waals surface area contributed by atoms with Crippen molar-refractivity contribution in [1.82, 2.24) is 5.32 Å². The fraction of sp³-hybridized carbons (Fsp3) is 0.600. The SMILES string of the molecule is CNCc1ccc(C[N+]2(C)CCCCC2)cc1. The van der Waals surface area contributed by atoms with E-state index in [2.05, 4.69) is 36.6 Å². The number of rotatable bonds is 4.